The fourth-order valence-electron chi connectivity index (χ4n) is 6.33. The topological polar surface area (TPSA) is 37.0 Å². The number of rotatable bonds is 5. The molecular weight excluding hydrogens is 434 g/mol. The minimum absolute atomic E-state index is 0.237. The molecule has 2 heterocycles. The predicted molar refractivity (Wildman–Crippen MR) is 138 cm³/mol. The van der Waals surface area contributed by atoms with E-state index in [-0.39, 0.29) is 5.56 Å². The highest BCUT2D eigenvalue weighted by Gasteiger charge is 2.42. The maximum atomic E-state index is 13.6. The molecule has 0 amide bonds. The molecule has 1 N–H and O–H groups in total. The molecule has 4 aliphatic rings. The first-order valence-corrected chi connectivity index (χ1v) is 14.9. The standard InChI is InChI=1S/C26H39N3OS2/c1-2-28-21-15-9-10-16-22(21)31-24(28)17-25-29(20-13-7-4-8-14-20)26(30)23(32-25)18-27-19-11-5-3-6-12-19/h17-22H,2-16H2,1H3/p+1. The van der Waals surface area contributed by atoms with E-state index in [9.17, 15) is 4.79 Å². The summed E-state index contributed by atoms with van der Waals surface area (Å²) >= 11 is 3.80. The Kier molecular flexibility index (Phi) is 7.47. The van der Waals surface area contributed by atoms with Crippen LogP contribution in [0.3, 0.4) is 0 Å². The molecule has 0 radical (unpaired) electrons. The van der Waals surface area contributed by atoms with Crippen molar-refractivity contribution < 1.29 is 4.58 Å². The summed E-state index contributed by atoms with van der Waals surface area (Å²) in [4.78, 5) is 13.6. The second-order valence-electron chi connectivity index (χ2n) is 10.2. The Labute approximate surface area is 200 Å². The molecule has 176 valence electrons. The quantitative estimate of drug-likeness (QED) is 0.645. The maximum Gasteiger partial charge on any atom is 0.270 e. The van der Waals surface area contributed by atoms with Gasteiger partial charge in [-0.05, 0) is 57.2 Å². The summed E-state index contributed by atoms with van der Waals surface area (Å²) < 4.78 is 6.89. The van der Waals surface area contributed by atoms with E-state index in [2.05, 4.69) is 45.4 Å². The van der Waals surface area contributed by atoms with Gasteiger partial charge in [-0.3, -0.25) is 9.36 Å². The smallest absolute Gasteiger partial charge is 0.270 e. The van der Waals surface area contributed by atoms with Crippen LogP contribution in [0.5, 0.6) is 0 Å². The molecule has 5 rings (SSSR count). The average Bonchev–Trinajstić information content (AvgIpc) is 3.35. The summed E-state index contributed by atoms with van der Waals surface area (Å²) in [5.41, 5.74) is 0.237. The number of nitrogens with zero attached hydrogens (tertiary/aromatic N) is 2. The first-order chi connectivity index (χ1) is 15.7. The number of thioether (sulfide) groups is 1. The number of fused-ring (bicyclic) bond motifs is 1. The molecule has 2 atom stereocenters. The van der Waals surface area contributed by atoms with Crippen molar-refractivity contribution in [1.29, 1.82) is 0 Å². The number of hydrogen-bond donors (Lipinski definition) is 1. The van der Waals surface area contributed by atoms with Gasteiger partial charge in [-0.15, -0.1) is 11.3 Å². The monoisotopic (exact) mass is 474 g/mol. The summed E-state index contributed by atoms with van der Waals surface area (Å²) in [5, 5.41) is 5.76. The Hall–Kier alpha value is -1.01. The van der Waals surface area contributed by atoms with E-state index in [0.29, 0.717) is 18.1 Å². The summed E-state index contributed by atoms with van der Waals surface area (Å²) in [6.45, 7) is 3.36. The highest BCUT2D eigenvalue weighted by Crippen LogP contribution is 2.37. The highest BCUT2D eigenvalue weighted by atomic mass is 32.2. The van der Waals surface area contributed by atoms with E-state index < -0.39 is 0 Å². The molecule has 4 nitrogen and oxygen atoms in total. The molecule has 3 fully saturated rings. The van der Waals surface area contributed by atoms with Gasteiger partial charge >= 0.3 is 0 Å². The molecule has 2 unspecified atom stereocenters. The van der Waals surface area contributed by atoms with Gasteiger partial charge in [-0.1, -0.05) is 44.9 Å². The van der Waals surface area contributed by atoms with Crippen molar-refractivity contribution in [2.75, 3.05) is 6.54 Å². The van der Waals surface area contributed by atoms with Gasteiger partial charge in [0.2, 0.25) is 5.04 Å². The Morgan fingerprint density at radius 3 is 2.41 bits per heavy atom. The molecule has 32 heavy (non-hydrogen) atoms. The molecule has 0 bridgehead atoms. The molecule has 6 heteroatoms. The lowest BCUT2D eigenvalue weighted by Gasteiger charge is -2.22. The van der Waals surface area contributed by atoms with E-state index in [1.54, 1.807) is 11.3 Å². The second kappa shape index (κ2) is 10.5. The van der Waals surface area contributed by atoms with Crippen LogP contribution >= 0.6 is 23.1 Å². The van der Waals surface area contributed by atoms with Gasteiger partial charge in [0.05, 0.1) is 11.3 Å². The van der Waals surface area contributed by atoms with E-state index in [1.165, 1.54) is 86.8 Å². The normalized spacial score (nSPS) is 29.0. The Morgan fingerprint density at radius 2 is 1.66 bits per heavy atom. The Bertz CT molecular complexity index is 995. The zero-order valence-corrected chi connectivity index (χ0v) is 21.3. The zero-order valence-electron chi connectivity index (χ0n) is 19.7. The second-order valence-corrected chi connectivity index (χ2v) is 12.5. The van der Waals surface area contributed by atoms with Crippen molar-refractivity contribution in [3.8, 4) is 0 Å². The van der Waals surface area contributed by atoms with Crippen LogP contribution in [0.1, 0.15) is 103 Å². The van der Waals surface area contributed by atoms with E-state index in [0.717, 1.165) is 29.2 Å². The van der Waals surface area contributed by atoms with Gasteiger partial charge in [0.1, 0.15) is 15.7 Å². The Morgan fingerprint density at radius 1 is 0.969 bits per heavy atom. The van der Waals surface area contributed by atoms with Crippen LogP contribution in [0, 0.1) is 0 Å². The van der Waals surface area contributed by atoms with Gasteiger partial charge in [0, 0.05) is 24.7 Å². The molecule has 0 aromatic carbocycles. The summed E-state index contributed by atoms with van der Waals surface area (Å²) in [5.74, 6) is 0. The van der Waals surface area contributed by atoms with Gasteiger partial charge in [-0.2, -0.15) is 0 Å². The van der Waals surface area contributed by atoms with E-state index in [4.69, 9.17) is 0 Å². The van der Waals surface area contributed by atoms with Crippen LogP contribution in [0.25, 0.3) is 12.3 Å². The van der Waals surface area contributed by atoms with Crippen molar-refractivity contribution in [1.82, 2.24) is 9.88 Å². The van der Waals surface area contributed by atoms with Crippen molar-refractivity contribution in [3.05, 3.63) is 19.5 Å². The third-order valence-electron chi connectivity index (χ3n) is 8.09. The Balaban J connectivity index is 1.53. The van der Waals surface area contributed by atoms with Crippen molar-refractivity contribution >= 4 is 40.4 Å². The van der Waals surface area contributed by atoms with Crippen molar-refractivity contribution in [3.63, 3.8) is 0 Å². The van der Waals surface area contributed by atoms with E-state index in [1.807, 2.05) is 0 Å². The molecule has 3 aliphatic carbocycles. The van der Waals surface area contributed by atoms with Crippen molar-refractivity contribution in [2.24, 2.45) is 0 Å². The van der Waals surface area contributed by atoms with Crippen LogP contribution in [-0.2, 0) is 0 Å². The third-order valence-corrected chi connectivity index (χ3v) is 10.6. The highest BCUT2D eigenvalue weighted by molar-refractivity contribution is 8.15. The van der Waals surface area contributed by atoms with Crippen molar-refractivity contribution in [2.45, 2.75) is 120 Å². The largest absolute Gasteiger partial charge is 0.387 e. The summed E-state index contributed by atoms with van der Waals surface area (Å²) in [6, 6.07) is 1.61. The lowest BCUT2D eigenvalue weighted by molar-refractivity contribution is -0.557. The number of hydrogen-bond acceptors (Lipinski definition) is 4. The molecule has 3 saturated carbocycles. The summed E-state index contributed by atoms with van der Waals surface area (Å²) in [7, 11) is 0. The predicted octanol–water partition coefficient (Wildman–Crippen LogP) is 4.34. The zero-order chi connectivity index (χ0) is 21.9. The summed E-state index contributed by atoms with van der Waals surface area (Å²) in [6.07, 6.45) is 22.4. The maximum absolute atomic E-state index is 13.6. The number of nitrogens with one attached hydrogen (secondary N) is 1. The van der Waals surface area contributed by atoms with Crippen LogP contribution in [0.15, 0.2) is 4.79 Å². The fourth-order valence-corrected chi connectivity index (χ4v) is 9.06. The lowest BCUT2D eigenvalue weighted by Crippen LogP contribution is -2.37. The molecule has 1 aromatic rings. The SMILES string of the molecule is CC[N+]1=C(C=c2s/c(=C\NC3CCCCC3)c(=O)n2C2CCCCC2)SC2CCCCC21. The minimum atomic E-state index is 0.237. The minimum Gasteiger partial charge on any atom is -0.387 e. The van der Waals surface area contributed by atoms with Gasteiger partial charge in [0.25, 0.3) is 5.56 Å². The first-order valence-electron chi connectivity index (χ1n) is 13.2. The van der Waals surface area contributed by atoms with Crippen LogP contribution in [0.2, 0.25) is 0 Å². The molecule has 1 aromatic heterocycles. The molecule has 1 aliphatic heterocycles. The van der Waals surface area contributed by atoms with Crippen LogP contribution < -0.4 is 20.1 Å². The van der Waals surface area contributed by atoms with Crippen LogP contribution in [0.4, 0.5) is 0 Å². The number of aromatic nitrogens is 1. The lowest BCUT2D eigenvalue weighted by atomic mass is 9.94. The first kappa shape index (κ1) is 22.8. The average molecular weight is 475 g/mol. The third kappa shape index (κ3) is 4.77. The van der Waals surface area contributed by atoms with Gasteiger partial charge < -0.3 is 5.32 Å². The molecule has 0 spiro atoms. The molecule has 0 saturated heterocycles. The van der Waals surface area contributed by atoms with Gasteiger partial charge in [0.15, 0.2) is 6.04 Å². The fraction of sp³-hybridized carbons (Fsp3) is 0.769. The van der Waals surface area contributed by atoms with Crippen LogP contribution in [-0.4, -0.2) is 38.1 Å². The van der Waals surface area contributed by atoms with E-state index >= 15 is 0 Å². The van der Waals surface area contributed by atoms with Gasteiger partial charge in [-0.25, -0.2) is 4.58 Å². The number of thiazole rings is 1. The molecular formula is C26H40N3OS2+.